The van der Waals surface area contributed by atoms with Crippen molar-refractivity contribution in [2.24, 2.45) is 0 Å². The van der Waals surface area contributed by atoms with Crippen molar-refractivity contribution in [3.63, 3.8) is 0 Å². The molecule has 0 aliphatic heterocycles. The average molecular weight is 439 g/mol. The maximum absolute atomic E-state index is 12.8. The summed E-state index contributed by atoms with van der Waals surface area (Å²) in [6, 6.07) is 8.47. The molecule has 0 unspecified atom stereocenters. The van der Waals surface area contributed by atoms with Gasteiger partial charge in [-0.05, 0) is 55.0 Å². The lowest BCUT2D eigenvalue weighted by Crippen LogP contribution is -2.23. The summed E-state index contributed by atoms with van der Waals surface area (Å²) >= 11 is 0. The van der Waals surface area contributed by atoms with Gasteiger partial charge in [0.25, 0.3) is 5.56 Å². The van der Waals surface area contributed by atoms with Gasteiger partial charge in [0.05, 0.1) is 5.39 Å². The smallest absolute Gasteiger partial charge is 0.387 e. The van der Waals surface area contributed by atoms with Crippen molar-refractivity contribution in [2.75, 3.05) is 0 Å². The second-order valence-electron chi connectivity index (χ2n) is 7.86. The fourth-order valence-corrected chi connectivity index (χ4v) is 4.01. The van der Waals surface area contributed by atoms with E-state index in [4.69, 9.17) is 4.52 Å². The van der Waals surface area contributed by atoms with E-state index >= 15 is 0 Å². The molecule has 0 N–H and O–H groups in total. The van der Waals surface area contributed by atoms with Gasteiger partial charge in [-0.3, -0.25) is 9.36 Å². The van der Waals surface area contributed by atoms with Crippen LogP contribution in [-0.2, 0) is 6.54 Å². The highest BCUT2D eigenvalue weighted by Crippen LogP contribution is 2.46. The van der Waals surface area contributed by atoms with Crippen molar-refractivity contribution in [1.29, 1.82) is 0 Å². The van der Waals surface area contributed by atoms with Crippen LogP contribution in [-0.4, -0.2) is 31.3 Å². The van der Waals surface area contributed by atoms with E-state index in [-0.39, 0.29) is 23.8 Å². The molecule has 4 aromatic rings. The van der Waals surface area contributed by atoms with E-state index in [0.717, 1.165) is 24.0 Å². The SMILES string of the molecule is Cc1ccnc2ncn(Cc3nc([C@H]4C[C@H](c5ccc(OC(F)F)cc5)C4)no3)c(=O)c12. The molecule has 5 rings (SSSR count). The maximum atomic E-state index is 12.8. The normalized spacial score (nSPS) is 18.1. The molecule has 164 valence electrons. The van der Waals surface area contributed by atoms with Crippen molar-refractivity contribution in [3.05, 3.63) is 76.1 Å². The van der Waals surface area contributed by atoms with Crippen LogP contribution in [0.4, 0.5) is 8.78 Å². The van der Waals surface area contributed by atoms with E-state index in [0.29, 0.717) is 28.7 Å². The number of hydrogen-bond donors (Lipinski definition) is 0. The van der Waals surface area contributed by atoms with Gasteiger partial charge < -0.3 is 9.26 Å². The van der Waals surface area contributed by atoms with Crippen molar-refractivity contribution >= 4 is 11.0 Å². The van der Waals surface area contributed by atoms with E-state index in [1.54, 1.807) is 36.5 Å². The molecule has 0 amide bonds. The number of pyridine rings is 1. The van der Waals surface area contributed by atoms with Crippen LogP contribution in [0.15, 0.2) is 52.2 Å². The number of nitrogens with zero attached hydrogens (tertiary/aromatic N) is 5. The number of rotatable bonds is 6. The first kappa shape index (κ1) is 20.2. The summed E-state index contributed by atoms with van der Waals surface area (Å²) in [4.78, 5) is 25.6. The van der Waals surface area contributed by atoms with E-state index in [2.05, 4.69) is 24.8 Å². The largest absolute Gasteiger partial charge is 0.435 e. The summed E-state index contributed by atoms with van der Waals surface area (Å²) in [6.07, 6.45) is 4.71. The summed E-state index contributed by atoms with van der Waals surface area (Å²) in [5, 5.41) is 4.55. The summed E-state index contributed by atoms with van der Waals surface area (Å²) in [7, 11) is 0. The third-order valence-electron chi connectivity index (χ3n) is 5.80. The Morgan fingerprint density at radius 3 is 2.69 bits per heavy atom. The first-order valence-corrected chi connectivity index (χ1v) is 10.2. The predicted molar refractivity (Wildman–Crippen MR) is 110 cm³/mol. The Kier molecular flexibility index (Phi) is 5.12. The fraction of sp³-hybridized carbons (Fsp3) is 0.318. The number of halogens is 2. The van der Waals surface area contributed by atoms with Crippen LogP contribution >= 0.6 is 0 Å². The van der Waals surface area contributed by atoms with Gasteiger partial charge in [0, 0.05) is 12.1 Å². The molecule has 1 fully saturated rings. The molecule has 1 saturated carbocycles. The number of fused-ring (bicyclic) bond motifs is 1. The zero-order valence-electron chi connectivity index (χ0n) is 17.1. The van der Waals surface area contributed by atoms with E-state index in [1.807, 2.05) is 6.92 Å². The number of ether oxygens (including phenoxy) is 1. The highest BCUT2D eigenvalue weighted by atomic mass is 19.3. The summed E-state index contributed by atoms with van der Waals surface area (Å²) in [5.74, 6) is 1.53. The Labute approximate surface area is 180 Å². The summed E-state index contributed by atoms with van der Waals surface area (Å²) in [6.45, 7) is -0.859. The maximum Gasteiger partial charge on any atom is 0.387 e. The van der Waals surface area contributed by atoms with E-state index in [9.17, 15) is 13.6 Å². The lowest BCUT2D eigenvalue weighted by molar-refractivity contribution is -0.0498. The number of aromatic nitrogens is 5. The third kappa shape index (κ3) is 3.83. The minimum Gasteiger partial charge on any atom is -0.435 e. The van der Waals surface area contributed by atoms with Gasteiger partial charge in [-0.1, -0.05) is 17.3 Å². The number of benzene rings is 1. The van der Waals surface area contributed by atoms with Crippen molar-refractivity contribution in [2.45, 2.75) is 44.8 Å². The Morgan fingerprint density at radius 2 is 1.94 bits per heavy atom. The van der Waals surface area contributed by atoms with Crippen molar-refractivity contribution in [3.8, 4) is 5.75 Å². The highest BCUT2D eigenvalue weighted by molar-refractivity contribution is 5.76. The van der Waals surface area contributed by atoms with Crippen LogP contribution in [0.3, 0.4) is 0 Å². The van der Waals surface area contributed by atoms with Crippen LogP contribution in [0.2, 0.25) is 0 Å². The molecule has 32 heavy (non-hydrogen) atoms. The minimum atomic E-state index is -2.83. The van der Waals surface area contributed by atoms with E-state index in [1.165, 1.54) is 10.9 Å². The van der Waals surface area contributed by atoms with Crippen LogP contribution in [0.1, 0.15) is 47.5 Å². The van der Waals surface area contributed by atoms with Crippen LogP contribution in [0.25, 0.3) is 11.0 Å². The topological polar surface area (TPSA) is 95.9 Å². The van der Waals surface area contributed by atoms with Gasteiger partial charge in [-0.15, -0.1) is 0 Å². The standard InChI is InChI=1S/C22H19F2N5O3/c1-12-6-7-25-20-18(12)21(30)29(11-26-20)10-17-27-19(28-32-17)15-8-14(9-15)13-2-4-16(5-3-13)31-22(23)24/h2-7,11,14-15,22H,8-10H2,1H3/t14-,15-. The molecule has 8 nitrogen and oxygen atoms in total. The molecule has 0 radical (unpaired) electrons. The molecule has 0 spiro atoms. The van der Waals surface area contributed by atoms with Crippen molar-refractivity contribution < 1.29 is 18.0 Å². The van der Waals surface area contributed by atoms with Crippen LogP contribution in [0, 0.1) is 6.92 Å². The molecule has 3 aromatic heterocycles. The summed E-state index contributed by atoms with van der Waals surface area (Å²) in [5.41, 5.74) is 2.07. The minimum absolute atomic E-state index is 0.130. The molecule has 1 aliphatic rings. The van der Waals surface area contributed by atoms with Crippen molar-refractivity contribution in [1.82, 2.24) is 24.7 Å². The third-order valence-corrected chi connectivity index (χ3v) is 5.80. The zero-order valence-corrected chi connectivity index (χ0v) is 17.1. The van der Waals surface area contributed by atoms with Crippen LogP contribution in [0.5, 0.6) is 5.75 Å². The van der Waals surface area contributed by atoms with Gasteiger partial charge in [-0.2, -0.15) is 13.8 Å². The molecule has 0 bridgehead atoms. The molecular weight excluding hydrogens is 420 g/mol. The van der Waals surface area contributed by atoms with Gasteiger partial charge in [0.1, 0.15) is 18.6 Å². The molecule has 0 atom stereocenters. The second-order valence-corrected chi connectivity index (χ2v) is 7.86. The Morgan fingerprint density at radius 1 is 1.16 bits per heavy atom. The number of alkyl halides is 2. The Bertz CT molecular complexity index is 1310. The quantitative estimate of drug-likeness (QED) is 0.451. The van der Waals surface area contributed by atoms with E-state index < -0.39 is 6.61 Å². The molecule has 1 aromatic carbocycles. The molecule has 10 heteroatoms. The molecule has 3 heterocycles. The number of hydrogen-bond acceptors (Lipinski definition) is 7. The lowest BCUT2D eigenvalue weighted by atomic mass is 9.71. The van der Waals surface area contributed by atoms with Gasteiger partial charge in [-0.25, -0.2) is 9.97 Å². The van der Waals surface area contributed by atoms with Gasteiger partial charge in [0.15, 0.2) is 11.5 Å². The van der Waals surface area contributed by atoms with Crippen LogP contribution < -0.4 is 10.3 Å². The van der Waals surface area contributed by atoms with Gasteiger partial charge in [0.2, 0.25) is 5.89 Å². The molecular formula is C22H19F2N5O3. The predicted octanol–water partition coefficient (Wildman–Crippen LogP) is 3.79. The first-order chi connectivity index (χ1) is 15.5. The molecule has 0 saturated heterocycles. The lowest BCUT2D eigenvalue weighted by Gasteiger charge is -2.33. The summed E-state index contributed by atoms with van der Waals surface area (Å²) < 4.78 is 35.7. The monoisotopic (exact) mass is 439 g/mol. The average Bonchev–Trinajstić information content (AvgIpc) is 3.18. The Hall–Kier alpha value is -3.69. The van der Waals surface area contributed by atoms with Gasteiger partial charge >= 0.3 is 6.61 Å². The number of aryl methyl sites for hydroxylation is 1. The highest BCUT2D eigenvalue weighted by Gasteiger charge is 2.34. The first-order valence-electron chi connectivity index (χ1n) is 10.2. The fourth-order valence-electron chi connectivity index (χ4n) is 4.01. The zero-order chi connectivity index (χ0) is 22.2. The second kappa shape index (κ2) is 8.10. The molecule has 1 aliphatic carbocycles. The Balaban J connectivity index is 1.25.